The second kappa shape index (κ2) is 5.05. The van der Waals surface area contributed by atoms with Crippen molar-refractivity contribution in [2.45, 2.75) is 69.9 Å². The maximum Gasteiger partial charge on any atom is 0.0331 e. The van der Waals surface area contributed by atoms with Crippen molar-refractivity contribution in [3.63, 3.8) is 0 Å². The smallest absolute Gasteiger partial charge is 0.0331 e. The average molecular weight is 224 g/mol. The summed E-state index contributed by atoms with van der Waals surface area (Å²) in [6.07, 6.45) is 11.1. The van der Waals surface area contributed by atoms with Crippen molar-refractivity contribution in [1.29, 1.82) is 0 Å². The third kappa shape index (κ3) is 2.14. The first-order chi connectivity index (χ1) is 7.72. The van der Waals surface area contributed by atoms with E-state index in [0.717, 1.165) is 18.5 Å². The largest absolute Gasteiger partial charge is 0.329 e. The van der Waals surface area contributed by atoms with Crippen molar-refractivity contribution >= 4 is 0 Å². The molecule has 2 aliphatic carbocycles. The van der Waals surface area contributed by atoms with Gasteiger partial charge < -0.3 is 5.73 Å². The van der Waals surface area contributed by atoms with Crippen molar-refractivity contribution in [3.05, 3.63) is 0 Å². The van der Waals surface area contributed by atoms with E-state index >= 15 is 0 Å². The molecule has 0 bridgehead atoms. The standard InChI is InChI=1S/C14H28N2/c1-3-12-5-7-13(8-6-12)16(2)14(11-15)9-4-10-14/h12-13H,3-11,15H2,1-2H3. The normalized spacial score (nSPS) is 33.8. The molecule has 94 valence electrons. The van der Waals surface area contributed by atoms with Gasteiger partial charge in [-0.1, -0.05) is 13.3 Å². The van der Waals surface area contributed by atoms with Crippen molar-refractivity contribution in [3.8, 4) is 0 Å². The van der Waals surface area contributed by atoms with Crippen molar-refractivity contribution < 1.29 is 0 Å². The molecule has 2 fully saturated rings. The van der Waals surface area contributed by atoms with E-state index < -0.39 is 0 Å². The van der Waals surface area contributed by atoms with Crippen molar-refractivity contribution in [1.82, 2.24) is 4.90 Å². The van der Waals surface area contributed by atoms with E-state index in [-0.39, 0.29) is 0 Å². The molecular formula is C14H28N2. The second-order valence-electron chi connectivity index (χ2n) is 5.98. The second-order valence-corrected chi connectivity index (χ2v) is 5.98. The number of hydrogen-bond acceptors (Lipinski definition) is 2. The van der Waals surface area contributed by atoms with Gasteiger partial charge in [0.25, 0.3) is 0 Å². The first-order valence-corrected chi connectivity index (χ1v) is 7.15. The number of nitrogens with two attached hydrogens (primary N) is 1. The molecule has 2 N–H and O–H groups in total. The van der Waals surface area contributed by atoms with E-state index in [4.69, 9.17) is 5.73 Å². The number of rotatable bonds is 4. The molecule has 2 aliphatic rings. The Hall–Kier alpha value is -0.0800. The Labute approximate surface area is 101 Å². The first-order valence-electron chi connectivity index (χ1n) is 7.15. The SMILES string of the molecule is CCC1CCC(N(C)C2(CN)CCC2)CC1. The maximum atomic E-state index is 5.99. The zero-order chi connectivity index (χ0) is 11.6. The lowest BCUT2D eigenvalue weighted by atomic mass is 9.73. The highest BCUT2D eigenvalue weighted by Gasteiger charge is 2.42. The summed E-state index contributed by atoms with van der Waals surface area (Å²) in [6, 6.07) is 0.812. The lowest BCUT2D eigenvalue weighted by Crippen LogP contribution is -2.60. The fraction of sp³-hybridized carbons (Fsp3) is 1.00. The molecule has 0 aliphatic heterocycles. The molecule has 0 unspecified atom stereocenters. The van der Waals surface area contributed by atoms with Gasteiger partial charge in [0.15, 0.2) is 0 Å². The van der Waals surface area contributed by atoms with E-state index in [1.54, 1.807) is 0 Å². The van der Waals surface area contributed by atoms with Crippen LogP contribution in [0.4, 0.5) is 0 Å². The summed E-state index contributed by atoms with van der Waals surface area (Å²) >= 11 is 0. The van der Waals surface area contributed by atoms with Gasteiger partial charge in [0.05, 0.1) is 0 Å². The fourth-order valence-electron chi connectivity index (χ4n) is 3.61. The van der Waals surface area contributed by atoms with Gasteiger partial charge in [0.1, 0.15) is 0 Å². The van der Waals surface area contributed by atoms with Crippen molar-refractivity contribution in [2.75, 3.05) is 13.6 Å². The van der Waals surface area contributed by atoms with Crippen LogP contribution in [0.25, 0.3) is 0 Å². The Balaban J connectivity index is 1.88. The molecular weight excluding hydrogens is 196 g/mol. The van der Waals surface area contributed by atoms with Crippen LogP contribution in [0.15, 0.2) is 0 Å². The number of likely N-dealkylation sites (N-methyl/N-ethyl adjacent to an activating group) is 1. The van der Waals surface area contributed by atoms with Crippen LogP contribution in [-0.4, -0.2) is 30.1 Å². The highest BCUT2D eigenvalue weighted by atomic mass is 15.2. The van der Waals surface area contributed by atoms with Gasteiger partial charge in [0, 0.05) is 18.1 Å². The molecule has 2 heteroatoms. The molecule has 0 atom stereocenters. The quantitative estimate of drug-likeness (QED) is 0.795. The molecule has 0 amide bonds. The minimum absolute atomic E-state index is 0.379. The van der Waals surface area contributed by atoms with Gasteiger partial charge in [-0.05, 0) is 57.9 Å². The van der Waals surface area contributed by atoms with E-state index in [1.165, 1.54) is 51.4 Å². The van der Waals surface area contributed by atoms with Gasteiger partial charge in [-0.2, -0.15) is 0 Å². The summed E-state index contributed by atoms with van der Waals surface area (Å²) in [4.78, 5) is 2.64. The van der Waals surface area contributed by atoms with Crippen LogP contribution in [0.3, 0.4) is 0 Å². The topological polar surface area (TPSA) is 29.3 Å². The molecule has 16 heavy (non-hydrogen) atoms. The monoisotopic (exact) mass is 224 g/mol. The van der Waals surface area contributed by atoms with Gasteiger partial charge in [-0.15, -0.1) is 0 Å². The van der Waals surface area contributed by atoms with E-state index in [2.05, 4.69) is 18.9 Å². The average Bonchev–Trinajstić information content (AvgIpc) is 2.28. The molecule has 2 nitrogen and oxygen atoms in total. The molecule has 0 spiro atoms. The van der Waals surface area contributed by atoms with Crippen LogP contribution in [0.1, 0.15) is 58.3 Å². The Morgan fingerprint density at radius 3 is 2.19 bits per heavy atom. The van der Waals surface area contributed by atoms with Gasteiger partial charge >= 0.3 is 0 Å². The lowest BCUT2D eigenvalue weighted by Gasteiger charge is -2.52. The predicted octanol–water partition coefficient (Wildman–Crippen LogP) is 2.77. The van der Waals surface area contributed by atoms with Crippen LogP contribution in [-0.2, 0) is 0 Å². The fourth-order valence-corrected chi connectivity index (χ4v) is 3.61. The molecule has 0 aromatic carbocycles. The molecule has 0 heterocycles. The molecule has 0 aromatic rings. The summed E-state index contributed by atoms with van der Waals surface area (Å²) in [5.74, 6) is 1.000. The lowest BCUT2D eigenvalue weighted by molar-refractivity contribution is -0.00544. The summed E-state index contributed by atoms with van der Waals surface area (Å²) in [6.45, 7) is 3.19. The van der Waals surface area contributed by atoms with Gasteiger partial charge in [-0.25, -0.2) is 0 Å². The third-order valence-corrected chi connectivity index (χ3v) is 5.35. The van der Waals surface area contributed by atoms with Crippen LogP contribution >= 0.6 is 0 Å². The zero-order valence-corrected chi connectivity index (χ0v) is 11.0. The summed E-state index contributed by atoms with van der Waals surface area (Å²) in [5.41, 5.74) is 6.37. The zero-order valence-electron chi connectivity index (χ0n) is 11.0. The summed E-state index contributed by atoms with van der Waals surface area (Å²) in [7, 11) is 2.32. The maximum absolute atomic E-state index is 5.99. The van der Waals surface area contributed by atoms with Crippen molar-refractivity contribution in [2.24, 2.45) is 11.7 Å². The summed E-state index contributed by atoms with van der Waals surface area (Å²) in [5, 5.41) is 0. The highest BCUT2D eigenvalue weighted by Crippen LogP contribution is 2.40. The molecule has 0 saturated heterocycles. The highest BCUT2D eigenvalue weighted by molar-refractivity contribution is 5.00. The Morgan fingerprint density at radius 1 is 1.19 bits per heavy atom. The minimum atomic E-state index is 0.379. The van der Waals surface area contributed by atoms with Crippen LogP contribution < -0.4 is 5.73 Å². The van der Waals surface area contributed by atoms with Crippen LogP contribution in [0, 0.1) is 5.92 Å². The summed E-state index contributed by atoms with van der Waals surface area (Å²) < 4.78 is 0. The van der Waals surface area contributed by atoms with E-state index in [9.17, 15) is 0 Å². The van der Waals surface area contributed by atoms with E-state index in [0.29, 0.717) is 5.54 Å². The minimum Gasteiger partial charge on any atom is -0.329 e. The number of nitrogens with zero attached hydrogens (tertiary/aromatic N) is 1. The molecule has 2 saturated carbocycles. The third-order valence-electron chi connectivity index (χ3n) is 5.35. The number of hydrogen-bond donors (Lipinski definition) is 1. The Bertz CT molecular complexity index is 209. The first kappa shape index (κ1) is 12.4. The van der Waals surface area contributed by atoms with E-state index in [1.807, 2.05) is 0 Å². The molecule has 0 aromatic heterocycles. The van der Waals surface area contributed by atoms with Crippen LogP contribution in [0.5, 0.6) is 0 Å². The molecule has 0 radical (unpaired) electrons. The Kier molecular flexibility index (Phi) is 3.91. The van der Waals surface area contributed by atoms with Gasteiger partial charge in [-0.3, -0.25) is 4.90 Å². The van der Waals surface area contributed by atoms with Gasteiger partial charge in [0.2, 0.25) is 0 Å². The Morgan fingerprint density at radius 2 is 1.81 bits per heavy atom. The predicted molar refractivity (Wildman–Crippen MR) is 69.4 cm³/mol. The molecule has 2 rings (SSSR count). The van der Waals surface area contributed by atoms with Crippen LogP contribution in [0.2, 0.25) is 0 Å².